The van der Waals surface area contributed by atoms with E-state index in [1.54, 1.807) is 0 Å². The van der Waals surface area contributed by atoms with Crippen molar-refractivity contribution in [1.82, 2.24) is 0 Å². The molecule has 0 bridgehead atoms. The standard InChI is InChI=1S/C2H2N2O2.H2O3/c3-1-4-2(5)6;1-3-2/h3H,(H,5,6);1-2H. The molecule has 0 aliphatic heterocycles. The van der Waals surface area contributed by atoms with Crippen LogP contribution in [-0.4, -0.2) is 27.7 Å². The van der Waals surface area contributed by atoms with Crippen LogP contribution >= 0.6 is 0 Å². The zero-order valence-electron chi connectivity index (χ0n) is 4.11. The molecule has 0 radical (unpaired) electrons. The van der Waals surface area contributed by atoms with Crippen LogP contribution in [0, 0.1) is 5.41 Å². The lowest BCUT2D eigenvalue weighted by atomic mass is 11.2. The second kappa shape index (κ2) is 9.88. The van der Waals surface area contributed by atoms with Gasteiger partial charge in [0.1, 0.15) is 0 Å². The van der Waals surface area contributed by atoms with Crippen molar-refractivity contribution in [2.24, 2.45) is 4.99 Å². The number of aliphatic imine (C=N–C) groups is 1. The fraction of sp³-hybridized carbons (Fsp3) is 0. The second-order valence-electron chi connectivity index (χ2n) is 0.588. The van der Waals surface area contributed by atoms with E-state index in [0.717, 1.165) is 0 Å². The fourth-order valence-electron chi connectivity index (χ4n) is 0.0478. The molecule has 0 atom stereocenters. The van der Waals surface area contributed by atoms with Crippen molar-refractivity contribution in [1.29, 1.82) is 5.41 Å². The smallest absolute Gasteiger partial charge is 0.440 e. The van der Waals surface area contributed by atoms with Gasteiger partial charge in [-0.1, -0.05) is 5.04 Å². The Kier molecular flexibility index (Phi) is 11.7. The van der Waals surface area contributed by atoms with Crippen LogP contribution in [0.25, 0.3) is 0 Å². The average Bonchev–Trinajstić information content (AvgIpc) is 1.67. The molecule has 7 heteroatoms. The fourth-order valence-corrected chi connectivity index (χ4v) is 0.0478. The maximum atomic E-state index is 9.25. The summed E-state index contributed by atoms with van der Waals surface area (Å²) in [6.45, 7) is 0. The van der Waals surface area contributed by atoms with Gasteiger partial charge in [-0.05, 0) is 0 Å². The van der Waals surface area contributed by atoms with Gasteiger partial charge in [-0.25, -0.2) is 20.7 Å². The topological polar surface area (TPSA) is 123 Å². The first kappa shape index (κ1) is 10.7. The first-order chi connectivity index (χ1) is 4.18. The van der Waals surface area contributed by atoms with Crippen LogP contribution in [0.3, 0.4) is 0 Å². The Hall–Kier alpha value is -1.27. The van der Waals surface area contributed by atoms with Gasteiger partial charge in [-0.2, -0.15) is 0 Å². The minimum atomic E-state index is -1.38. The number of hydrogen-bond acceptors (Lipinski definition) is 5. The highest BCUT2D eigenvalue weighted by molar-refractivity contribution is 5.72. The highest BCUT2D eigenvalue weighted by Crippen LogP contribution is 1.61. The summed E-state index contributed by atoms with van der Waals surface area (Å²) in [5.41, 5.74) is 0. The van der Waals surface area contributed by atoms with Gasteiger partial charge in [0.2, 0.25) is 0 Å². The van der Waals surface area contributed by atoms with Crippen LogP contribution in [0.4, 0.5) is 4.79 Å². The third kappa shape index (κ3) is 50.3. The zero-order chi connectivity index (χ0) is 7.70. The summed E-state index contributed by atoms with van der Waals surface area (Å²) in [6, 6.07) is 1.34. The molecule has 0 heterocycles. The summed E-state index contributed by atoms with van der Waals surface area (Å²) in [5.74, 6) is 0. The molecule has 1 amide bonds. The Labute approximate surface area is 49.2 Å². The molecule has 0 unspecified atom stereocenters. The molecule has 52 valence electrons. The molecule has 0 aromatic carbocycles. The molecule has 0 rings (SSSR count). The summed E-state index contributed by atoms with van der Waals surface area (Å²) in [7, 11) is 0. The minimum absolute atomic E-state index is 1.34. The molecule has 0 aromatic heterocycles. The highest BCUT2D eigenvalue weighted by Gasteiger charge is 1.78. The Bertz CT molecular complexity index is 116. The van der Waals surface area contributed by atoms with Crippen molar-refractivity contribution >= 4 is 12.1 Å². The van der Waals surface area contributed by atoms with E-state index in [2.05, 4.69) is 10.0 Å². The predicted octanol–water partition coefficient (Wildman–Crippen LogP) is 0.366. The summed E-state index contributed by atoms with van der Waals surface area (Å²) < 4.78 is 0. The Morgan fingerprint density at radius 3 is 2.00 bits per heavy atom. The first-order valence-corrected chi connectivity index (χ1v) is 1.49. The molecule has 7 nitrogen and oxygen atoms in total. The van der Waals surface area contributed by atoms with Crippen molar-refractivity contribution in [3.05, 3.63) is 0 Å². The maximum Gasteiger partial charge on any atom is 0.440 e. The Morgan fingerprint density at radius 1 is 1.67 bits per heavy atom. The third-order valence-corrected chi connectivity index (χ3v) is 0.152. The highest BCUT2D eigenvalue weighted by atomic mass is 17.4. The van der Waals surface area contributed by atoms with E-state index in [1.165, 1.54) is 6.01 Å². The Morgan fingerprint density at radius 2 is 2.00 bits per heavy atom. The summed E-state index contributed by atoms with van der Waals surface area (Å²) in [5, 5.41) is 29.0. The van der Waals surface area contributed by atoms with Crippen molar-refractivity contribution in [2.45, 2.75) is 0 Å². The molecule has 0 saturated heterocycles. The normalized spacial score (nSPS) is 6.00. The number of nitrogens with one attached hydrogen (secondary N) is 1. The molecule has 0 aromatic rings. The lowest BCUT2D eigenvalue weighted by Gasteiger charge is -1.63. The number of hydrogen-bond donors (Lipinski definition) is 4. The van der Waals surface area contributed by atoms with Crippen LogP contribution in [0.5, 0.6) is 0 Å². The third-order valence-electron chi connectivity index (χ3n) is 0.152. The van der Waals surface area contributed by atoms with Gasteiger partial charge in [0.05, 0.1) is 6.01 Å². The van der Waals surface area contributed by atoms with Gasteiger partial charge in [0, 0.05) is 0 Å². The maximum absolute atomic E-state index is 9.25. The van der Waals surface area contributed by atoms with Crippen LogP contribution in [-0.2, 0) is 5.04 Å². The van der Waals surface area contributed by atoms with Crippen molar-refractivity contribution in [3.63, 3.8) is 0 Å². The largest absolute Gasteiger partial charge is 0.463 e. The minimum Gasteiger partial charge on any atom is -0.463 e. The summed E-state index contributed by atoms with van der Waals surface area (Å²) in [4.78, 5) is 11.7. The van der Waals surface area contributed by atoms with E-state index in [1.807, 2.05) is 0 Å². The predicted molar refractivity (Wildman–Crippen MR) is 24.5 cm³/mol. The molecule has 0 fully saturated rings. The van der Waals surface area contributed by atoms with E-state index in [9.17, 15) is 4.79 Å². The number of rotatable bonds is 0. The number of carboxylic acid groups (broad SMARTS) is 1. The Balaban J connectivity index is 0. The van der Waals surface area contributed by atoms with Crippen molar-refractivity contribution in [3.8, 4) is 0 Å². The van der Waals surface area contributed by atoms with Crippen LogP contribution < -0.4 is 0 Å². The lowest BCUT2D eigenvalue weighted by molar-refractivity contribution is -0.465. The van der Waals surface area contributed by atoms with E-state index < -0.39 is 6.09 Å². The molecule has 0 aliphatic carbocycles. The SMILES string of the molecule is N=C=NC(=O)O.OOO. The summed E-state index contributed by atoms with van der Waals surface area (Å²) >= 11 is 0. The van der Waals surface area contributed by atoms with E-state index in [0.29, 0.717) is 0 Å². The van der Waals surface area contributed by atoms with E-state index >= 15 is 0 Å². The summed E-state index contributed by atoms with van der Waals surface area (Å²) in [6.07, 6.45) is -1.38. The molecule has 4 N–H and O–H groups in total. The number of amides is 1. The molecule has 9 heavy (non-hydrogen) atoms. The van der Waals surface area contributed by atoms with Gasteiger partial charge >= 0.3 is 6.09 Å². The van der Waals surface area contributed by atoms with Crippen LogP contribution in [0.15, 0.2) is 4.99 Å². The monoisotopic (exact) mass is 136 g/mol. The van der Waals surface area contributed by atoms with Gasteiger partial charge < -0.3 is 5.11 Å². The molecular formula is C2H4N2O5. The number of carbonyl (C=O) groups is 1. The zero-order valence-corrected chi connectivity index (χ0v) is 4.11. The second-order valence-corrected chi connectivity index (χ2v) is 0.588. The van der Waals surface area contributed by atoms with Crippen LogP contribution in [0.2, 0.25) is 0 Å². The molecule has 0 aliphatic rings. The quantitative estimate of drug-likeness (QED) is 0.217. The molecule has 0 spiro atoms. The van der Waals surface area contributed by atoms with Gasteiger partial charge in [-0.3, -0.25) is 0 Å². The first-order valence-electron chi connectivity index (χ1n) is 1.49. The van der Waals surface area contributed by atoms with Gasteiger partial charge in [-0.15, -0.1) is 4.99 Å². The van der Waals surface area contributed by atoms with Crippen molar-refractivity contribution < 1.29 is 25.5 Å². The van der Waals surface area contributed by atoms with Crippen LogP contribution in [0.1, 0.15) is 0 Å². The van der Waals surface area contributed by atoms with Crippen molar-refractivity contribution in [2.75, 3.05) is 0 Å². The van der Waals surface area contributed by atoms with Gasteiger partial charge in [0.15, 0.2) is 0 Å². The van der Waals surface area contributed by atoms with E-state index in [-0.39, 0.29) is 0 Å². The molecular weight excluding hydrogens is 132 g/mol. The van der Waals surface area contributed by atoms with Gasteiger partial charge in [0.25, 0.3) is 0 Å². The molecule has 0 saturated carbocycles. The number of nitrogens with zero attached hydrogens (tertiary/aromatic N) is 1. The van der Waals surface area contributed by atoms with E-state index in [4.69, 9.17) is 21.0 Å². The average molecular weight is 136 g/mol. The lowest BCUT2D eigenvalue weighted by Crippen LogP contribution is -1.79.